The van der Waals surface area contributed by atoms with Crippen molar-refractivity contribution in [3.8, 4) is 5.75 Å². The van der Waals surface area contributed by atoms with Gasteiger partial charge < -0.3 is 15.2 Å². The van der Waals surface area contributed by atoms with Crippen LogP contribution in [0.4, 0.5) is 4.39 Å². The van der Waals surface area contributed by atoms with Crippen molar-refractivity contribution in [2.24, 2.45) is 5.73 Å². The van der Waals surface area contributed by atoms with Gasteiger partial charge in [-0.25, -0.2) is 4.39 Å². The standard InChI is InChI=1S/C17H24FNO2/c1-12(19)15-5-4-13(18)10-16(15)20-11-14-6-9-17(21-14)7-2-3-8-17/h4-5,10,12,14H,2-3,6-9,11,19H2,1H3/t12-,14?/m0/s1. The molecule has 2 aliphatic rings. The summed E-state index contributed by atoms with van der Waals surface area (Å²) in [6.45, 7) is 2.35. The van der Waals surface area contributed by atoms with Crippen LogP contribution in [-0.2, 0) is 4.74 Å². The maximum Gasteiger partial charge on any atom is 0.127 e. The van der Waals surface area contributed by atoms with E-state index in [2.05, 4.69) is 0 Å². The Hall–Kier alpha value is -1.13. The van der Waals surface area contributed by atoms with Crippen molar-refractivity contribution >= 4 is 0 Å². The molecular weight excluding hydrogens is 269 g/mol. The van der Waals surface area contributed by atoms with Crippen LogP contribution in [0.2, 0.25) is 0 Å². The van der Waals surface area contributed by atoms with E-state index in [1.165, 1.54) is 37.8 Å². The summed E-state index contributed by atoms with van der Waals surface area (Å²) in [6.07, 6.45) is 7.17. The van der Waals surface area contributed by atoms with Gasteiger partial charge in [-0.05, 0) is 38.7 Å². The van der Waals surface area contributed by atoms with E-state index in [-0.39, 0.29) is 23.6 Å². The smallest absolute Gasteiger partial charge is 0.127 e. The van der Waals surface area contributed by atoms with Gasteiger partial charge in [0.15, 0.2) is 0 Å². The van der Waals surface area contributed by atoms with Gasteiger partial charge in [0.05, 0.1) is 11.7 Å². The molecule has 0 bridgehead atoms. The molecule has 1 spiro atoms. The Morgan fingerprint density at radius 1 is 1.38 bits per heavy atom. The molecule has 1 aliphatic carbocycles. The molecule has 2 N–H and O–H groups in total. The van der Waals surface area contributed by atoms with Crippen LogP contribution in [0.5, 0.6) is 5.75 Å². The Morgan fingerprint density at radius 2 is 2.14 bits per heavy atom. The zero-order valence-corrected chi connectivity index (χ0v) is 12.6. The summed E-state index contributed by atoms with van der Waals surface area (Å²) in [6, 6.07) is 4.36. The first-order chi connectivity index (χ1) is 10.1. The average molecular weight is 293 g/mol. The van der Waals surface area contributed by atoms with Crippen molar-refractivity contribution in [2.75, 3.05) is 6.61 Å². The third-order valence-electron chi connectivity index (χ3n) is 4.74. The lowest BCUT2D eigenvalue weighted by Crippen LogP contribution is -2.27. The summed E-state index contributed by atoms with van der Waals surface area (Å²) in [5.74, 6) is 0.245. The Labute approximate surface area is 125 Å². The third kappa shape index (κ3) is 3.22. The minimum absolute atomic E-state index is 0.111. The summed E-state index contributed by atoms with van der Waals surface area (Å²) in [5.41, 5.74) is 6.86. The molecule has 4 heteroatoms. The van der Waals surface area contributed by atoms with Crippen LogP contribution >= 0.6 is 0 Å². The van der Waals surface area contributed by atoms with E-state index < -0.39 is 0 Å². The molecule has 21 heavy (non-hydrogen) atoms. The molecule has 2 atom stereocenters. The quantitative estimate of drug-likeness (QED) is 0.920. The maximum absolute atomic E-state index is 13.4. The first kappa shape index (κ1) is 14.8. The number of hydrogen-bond donors (Lipinski definition) is 1. The second-order valence-corrected chi connectivity index (χ2v) is 6.45. The van der Waals surface area contributed by atoms with E-state index in [0.717, 1.165) is 18.4 Å². The zero-order chi connectivity index (χ0) is 14.9. The van der Waals surface area contributed by atoms with Gasteiger partial charge in [-0.15, -0.1) is 0 Å². The molecule has 1 aliphatic heterocycles. The summed E-state index contributed by atoms with van der Waals surface area (Å²) in [7, 11) is 0. The van der Waals surface area contributed by atoms with Gasteiger partial charge in [0.1, 0.15) is 18.2 Å². The van der Waals surface area contributed by atoms with E-state index >= 15 is 0 Å². The Morgan fingerprint density at radius 3 is 2.86 bits per heavy atom. The van der Waals surface area contributed by atoms with E-state index in [4.69, 9.17) is 15.2 Å². The average Bonchev–Trinajstić information content (AvgIpc) is 3.07. The SMILES string of the molecule is C[C@H](N)c1ccc(F)cc1OCC1CCC2(CCCC2)O1. The van der Waals surface area contributed by atoms with Crippen molar-refractivity contribution in [3.05, 3.63) is 29.6 Å². The van der Waals surface area contributed by atoms with Crippen molar-refractivity contribution in [2.45, 2.75) is 63.2 Å². The van der Waals surface area contributed by atoms with Crippen molar-refractivity contribution in [3.63, 3.8) is 0 Å². The molecule has 0 amide bonds. The molecule has 116 valence electrons. The lowest BCUT2D eigenvalue weighted by molar-refractivity contribution is -0.0510. The minimum Gasteiger partial charge on any atom is -0.490 e. The second kappa shape index (κ2) is 5.93. The highest BCUT2D eigenvalue weighted by Crippen LogP contribution is 2.43. The van der Waals surface area contributed by atoms with Gasteiger partial charge in [-0.2, -0.15) is 0 Å². The highest BCUT2D eigenvalue weighted by molar-refractivity contribution is 5.36. The first-order valence-corrected chi connectivity index (χ1v) is 7.94. The van der Waals surface area contributed by atoms with Crippen molar-refractivity contribution in [1.82, 2.24) is 0 Å². The Kier molecular flexibility index (Phi) is 4.18. The fourth-order valence-corrected chi connectivity index (χ4v) is 3.59. The van der Waals surface area contributed by atoms with Gasteiger partial charge >= 0.3 is 0 Å². The fraction of sp³-hybridized carbons (Fsp3) is 0.647. The van der Waals surface area contributed by atoms with Crippen LogP contribution in [0.25, 0.3) is 0 Å². The van der Waals surface area contributed by atoms with Gasteiger partial charge in [0.25, 0.3) is 0 Å². The van der Waals surface area contributed by atoms with Gasteiger partial charge in [-0.3, -0.25) is 0 Å². The van der Waals surface area contributed by atoms with Gasteiger partial charge in [-0.1, -0.05) is 18.9 Å². The Bertz CT molecular complexity index is 498. The molecule has 3 rings (SSSR count). The number of ether oxygens (including phenoxy) is 2. The van der Waals surface area contributed by atoms with Crippen LogP contribution < -0.4 is 10.5 Å². The molecule has 3 nitrogen and oxygen atoms in total. The molecule has 1 unspecified atom stereocenters. The van der Waals surface area contributed by atoms with E-state index in [9.17, 15) is 4.39 Å². The van der Waals surface area contributed by atoms with Crippen LogP contribution in [0.1, 0.15) is 57.1 Å². The predicted octanol–water partition coefficient (Wildman–Crippen LogP) is 3.72. The molecule has 1 saturated heterocycles. The zero-order valence-electron chi connectivity index (χ0n) is 12.6. The number of rotatable bonds is 4. The maximum atomic E-state index is 13.4. The third-order valence-corrected chi connectivity index (χ3v) is 4.74. The fourth-order valence-electron chi connectivity index (χ4n) is 3.59. The largest absolute Gasteiger partial charge is 0.490 e. The topological polar surface area (TPSA) is 44.5 Å². The minimum atomic E-state index is -0.297. The van der Waals surface area contributed by atoms with Crippen LogP contribution in [0.15, 0.2) is 18.2 Å². The number of nitrogens with two attached hydrogens (primary N) is 1. The van der Waals surface area contributed by atoms with E-state index in [0.29, 0.717) is 12.4 Å². The normalized spacial score (nSPS) is 25.4. The molecule has 1 saturated carbocycles. The number of halogens is 1. The second-order valence-electron chi connectivity index (χ2n) is 6.45. The molecule has 0 radical (unpaired) electrons. The molecule has 1 aromatic carbocycles. The molecular formula is C17H24FNO2. The predicted molar refractivity (Wildman–Crippen MR) is 79.8 cm³/mol. The molecule has 2 fully saturated rings. The molecule has 1 heterocycles. The first-order valence-electron chi connectivity index (χ1n) is 7.94. The van der Waals surface area contributed by atoms with Crippen molar-refractivity contribution < 1.29 is 13.9 Å². The van der Waals surface area contributed by atoms with Gasteiger partial charge in [0, 0.05) is 17.7 Å². The van der Waals surface area contributed by atoms with Crippen molar-refractivity contribution in [1.29, 1.82) is 0 Å². The molecule has 1 aromatic rings. The van der Waals surface area contributed by atoms with E-state index in [1.54, 1.807) is 6.07 Å². The van der Waals surface area contributed by atoms with E-state index in [1.807, 2.05) is 6.92 Å². The summed E-state index contributed by atoms with van der Waals surface area (Å²) >= 11 is 0. The van der Waals surface area contributed by atoms with Gasteiger partial charge in [0.2, 0.25) is 0 Å². The highest BCUT2D eigenvalue weighted by atomic mass is 19.1. The lowest BCUT2D eigenvalue weighted by atomic mass is 9.98. The molecule has 0 aromatic heterocycles. The van der Waals surface area contributed by atoms with Crippen LogP contribution in [0.3, 0.4) is 0 Å². The lowest BCUT2D eigenvalue weighted by Gasteiger charge is -2.24. The monoisotopic (exact) mass is 293 g/mol. The summed E-state index contributed by atoms with van der Waals surface area (Å²) in [5, 5.41) is 0. The van der Waals surface area contributed by atoms with Crippen LogP contribution in [-0.4, -0.2) is 18.3 Å². The number of hydrogen-bond acceptors (Lipinski definition) is 3. The number of benzene rings is 1. The van der Waals surface area contributed by atoms with Crippen LogP contribution in [0, 0.1) is 5.82 Å². The highest BCUT2D eigenvalue weighted by Gasteiger charge is 2.42. The summed E-state index contributed by atoms with van der Waals surface area (Å²) in [4.78, 5) is 0. The summed E-state index contributed by atoms with van der Waals surface area (Å²) < 4.78 is 25.4. The Balaban J connectivity index is 1.62.